The highest BCUT2D eigenvalue weighted by Gasteiger charge is 2.29. The second-order valence-electron chi connectivity index (χ2n) is 7.05. The third-order valence-corrected chi connectivity index (χ3v) is 5.14. The van der Waals surface area contributed by atoms with Gasteiger partial charge in [0.05, 0.1) is 12.6 Å². The van der Waals surface area contributed by atoms with Crippen molar-refractivity contribution in [1.82, 2.24) is 15.8 Å². The lowest BCUT2D eigenvalue weighted by molar-refractivity contribution is 0.167. The molecule has 2 aromatic rings. The number of nitrogens with zero attached hydrogens (tertiary/aromatic N) is 1. The molecule has 2 aromatic carbocycles. The highest BCUT2D eigenvalue weighted by molar-refractivity contribution is 5.32. The quantitative estimate of drug-likeness (QED) is 0.726. The normalized spacial score (nSPS) is 20.3. The van der Waals surface area contributed by atoms with Gasteiger partial charge in [-0.05, 0) is 36.1 Å². The Morgan fingerprint density at radius 1 is 1.08 bits per heavy atom. The van der Waals surface area contributed by atoms with Crippen LogP contribution in [0.15, 0.2) is 48.5 Å². The third kappa shape index (κ3) is 4.67. The Hall–Kier alpha value is -1.72. The number of hydrogen-bond donors (Lipinski definition) is 3. The number of rotatable bonds is 7. The predicted molar refractivity (Wildman–Crippen MR) is 102 cm³/mol. The molecule has 0 amide bonds. The summed E-state index contributed by atoms with van der Waals surface area (Å²) in [5.74, 6) is 0.470. The first-order valence-electron chi connectivity index (χ1n) is 9.10. The topological polar surface area (TPSA) is 47.5 Å². The molecule has 1 fully saturated rings. The first-order valence-corrected chi connectivity index (χ1v) is 9.10. The summed E-state index contributed by atoms with van der Waals surface area (Å²) >= 11 is 0. The van der Waals surface area contributed by atoms with Gasteiger partial charge in [0.1, 0.15) is 0 Å². The molecule has 0 bridgehead atoms. The van der Waals surface area contributed by atoms with E-state index in [9.17, 15) is 5.11 Å². The maximum absolute atomic E-state index is 9.47. The first kappa shape index (κ1) is 18.1. The molecule has 1 heterocycles. The third-order valence-electron chi connectivity index (χ3n) is 5.14. The van der Waals surface area contributed by atoms with E-state index < -0.39 is 0 Å². The highest BCUT2D eigenvalue weighted by atomic mass is 16.3. The molecule has 4 heteroatoms. The number of aliphatic hydroxyl groups excluding tert-OH is 1. The van der Waals surface area contributed by atoms with Gasteiger partial charge in [0, 0.05) is 32.1 Å². The molecule has 4 nitrogen and oxygen atoms in total. The lowest BCUT2D eigenvalue weighted by Crippen LogP contribution is -2.34. The van der Waals surface area contributed by atoms with Crippen LogP contribution < -0.4 is 10.9 Å². The van der Waals surface area contributed by atoms with Crippen LogP contribution >= 0.6 is 0 Å². The predicted octanol–water partition coefficient (Wildman–Crippen LogP) is 2.56. The molecular formula is C21H29N3O. The molecule has 0 radical (unpaired) electrons. The molecule has 134 valence electrons. The Bertz CT molecular complexity index is 674. The molecule has 2 unspecified atom stereocenters. The van der Waals surface area contributed by atoms with E-state index >= 15 is 0 Å². The van der Waals surface area contributed by atoms with Crippen LogP contribution in [0.4, 0.5) is 0 Å². The van der Waals surface area contributed by atoms with Crippen molar-refractivity contribution in [2.75, 3.05) is 26.2 Å². The highest BCUT2D eigenvalue weighted by Crippen LogP contribution is 2.27. The number of aliphatic hydroxyl groups is 1. The maximum Gasteiger partial charge on any atom is 0.0558 e. The van der Waals surface area contributed by atoms with E-state index in [4.69, 9.17) is 0 Å². The van der Waals surface area contributed by atoms with Gasteiger partial charge in [0.25, 0.3) is 0 Å². The fourth-order valence-corrected chi connectivity index (χ4v) is 3.57. The number of benzene rings is 2. The van der Waals surface area contributed by atoms with Crippen molar-refractivity contribution in [3.63, 3.8) is 0 Å². The summed E-state index contributed by atoms with van der Waals surface area (Å²) in [6.45, 7) is 7.97. The number of hydrogen-bond acceptors (Lipinski definition) is 4. The van der Waals surface area contributed by atoms with Crippen LogP contribution in [-0.4, -0.2) is 36.2 Å². The summed E-state index contributed by atoms with van der Waals surface area (Å²) in [5.41, 5.74) is 12.1. The van der Waals surface area contributed by atoms with Crippen molar-refractivity contribution in [2.24, 2.45) is 5.92 Å². The Morgan fingerprint density at radius 3 is 2.60 bits per heavy atom. The summed E-state index contributed by atoms with van der Waals surface area (Å²) in [6.07, 6.45) is 0. The van der Waals surface area contributed by atoms with E-state index in [-0.39, 0.29) is 6.61 Å². The average Bonchev–Trinajstić information content (AvgIpc) is 3.06. The zero-order chi connectivity index (χ0) is 17.6. The number of nitrogens with one attached hydrogen (secondary N) is 2. The molecular weight excluding hydrogens is 310 g/mol. The SMILES string of the molecule is Cc1ccc(C2NNCC2CN(CCO)Cc2ccccc2)cc1C. The molecule has 0 aliphatic carbocycles. The van der Waals surface area contributed by atoms with Crippen LogP contribution in [0, 0.1) is 19.8 Å². The van der Waals surface area contributed by atoms with Gasteiger partial charge in [0.2, 0.25) is 0 Å². The Morgan fingerprint density at radius 2 is 1.88 bits per heavy atom. The van der Waals surface area contributed by atoms with Crippen molar-refractivity contribution in [1.29, 1.82) is 0 Å². The summed E-state index contributed by atoms with van der Waals surface area (Å²) in [6, 6.07) is 17.5. The van der Waals surface area contributed by atoms with Crippen LogP contribution in [0.1, 0.15) is 28.3 Å². The van der Waals surface area contributed by atoms with Gasteiger partial charge >= 0.3 is 0 Å². The van der Waals surface area contributed by atoms with E-state index in [2.05, 4.69) is 72.1 Å². The molecule has 3 rings (SSSR count). The average molecular weight is 339 g/mol. The van der Waals surface area contributed by atoms with Crippen molar-refractivity contribution in [2.45, 2.75) is 26.4 Å². The minimum atomic E-state index is 0.189. The van der Waals surface area contributed by atoms with Crippen LogP contribution in [0.5, 0.6) is 0 Å². The molecule has 3 N–H and O–H groups in total. The van der Waals surface area contributed by atoms with Crippen LogP contribution in [0.2, 0.25) is 0 Å². The maximum atomic E-state index is 9.47. The standard InChI is InChI=1S/C21H29N3O/c1-16-8-9-19(12-17(16)2)21-20(13-22-23-21)15-24(10-11-25)14-18-6-4-3-5-7-18/h3-9,12,20-23,25H,10-11,13-15H2,1-2H3. The Balaban J connectivity index is 1.70. The second kappa shape index (κ2) is 8.59. The minimum absolute atomic E-state index is 0.189. The summed E-state index contributed by atoms with van der Waals surface area (Å²) in [4.78, 5) is 2.35. The lowest BCUT2D eigenvalue weighted by Gasteiger charge is -2.28. The van der Waals surface area contributed by atoms with E-state index in [1.807, 2.05) is 6.07 Å². The summed E-state index contributed by atoms with van der Waals surface area (Å²) in [7, 11) is 0. The second-order valence-corrected chi connectivity index (χ2v) is 7.05. The molecule has 1 aliphatic heterocycles. The zero-order valence-electron chi connectivity index (χ0n) is 15.2. The number of hydrazine groups is 1. The summed E-state index contributed by atoms with van der Waals surface area (Å²) in [5, 5.41) is 9.47. The van der Waals surface area contributed by atoms with E-state index in [1.165, 1.54) is 22.3 Å². The molecule has 25 heavy (non-hydrogen) atoms. The van der Waals surface area contributed by atoms with Gasteiger partial charge in [-0.15, -0.1) is 0 Å². The van der Waals surface area contributed by atoms with E-state index in [1.54, 1.807) is 0 Å². The number of aryl methyl sites for hydroxylation is 2. The molecule has 0 spiro atoms. The van der Waals surface area contributed by atoms with Gasteiger partial charge in [0.15, 0.2) is 0 Å². The van der Waals surface area contributed by atoms with Gasteiger partial charge in [-0.1, -0.05) is 48.5 Å². The van der Waals surface area contributed by atoms with Crippen LogP contribution in [0.25, 0.3) is 0 Å². The van der Waals surface area contributed by atoms with Crippen molar-refractivity contribution < 1.29 is 5.11 Å². The molecule has 1 aliphatic rings. The van der Waals surface area contributed by atoms with E-state index in [0.717, 1.165) is 19.6 Å². The van der Waals surface area contributed by atoms with Crippen molar-refractivity contribution in [3.8, 4) is 0 Å². The Kier molecular flexibility index (Phi) is 6.21. The van der Waals surface area contributed by atoms with E-state index in [0.29, 0.717) is 18.5 Å². The van der Waals surface area contributed by atoms with Gasteiger partial charge < -0.3 is 5.11 Å². The lowest BCUT2D eigenvalue weighted by atomic mass is 9.92. The first-order chi connectivity index (χ1) is 12.2. The van der Waals surface area contributed by atoms with Gasteiger partial charge in [-0.2, -0.15) is 0 Å². The van der Waals surface area contributed by atoms with Crippen molar-refractivity contribution >= 4 is 0 Å². The fourth-order valence-electron chi connectivity index (χ4n) is 3.57. The van der Waals surface area contributed by atoms with Crippen LogP contribution in [0.3, 0.4) is 0 Å². The van der Waals surface area contributed by atoms with Gasteiger partial charge in [-0.3, -0.25) is 10.3 Å². The van der Waals surface area contributed by atoms with Gasteiger partial charge in [-0.25, -0.2) is 5.43 Å². The van der Waals surface area contributed by atoms with Crippen LogP contribution in [-0.2, 0) is 6.54 Å². The largest absolute Gasteiger partial charge is 0.395 e. The molecule has 1 saturated heterocycles. The summed E-state index contributed by atoms with van der Waals surface area (Å²) < 4.78 is 0. The molecule has 2 atom stereocenters. The van der Waals surface area contributed by atoms with Crippen molar-refractivity contribution in [3.05, 3.63) is 70.8 Å². The minimum Gasteiger partial charge on any atom is -0.395 e. The fraction of sp³-hybridized carbons (Fsp3) is 0.429. The Labute approximate surface area is 150 Å². The smallest absolute Gasteiger partial charge is 0.0558 e. The molecule has 0 aromatic heterocycles. The zero-order valence-corrected chi connectivity index (χ0v) is 15.2. The molecule has 0 saturated carbocycles. The monoisotopic (exact) mass is 339 g/mol.